The van der Waals surface area contributed by atoms with Gasteiger partial charge >= 0.3 is 0 Å². The predicted molar refractivity (Wildman–Crippen MR) is 117 cm³/mol. The Morgan fingerprint density at radius 1 is 1.29 bits per heavy atom. The van der Waals surface area contributed by atoms with Crippen LogP contribution in [0.3, 0.4) is 0 Å². The number of aromatic nitrogens is 2. The molecule has 0 aliphatic carbocycles. The summed E-state index contributed by atoms with van der Waals surface area (Å²) in [7, 11) is 1.90. The Morgan fingerprint density at radius 2 is 2.03 bits per heavy atom. The zero-order chi connectivity index (χ0) is 22.2. The lowest BCUT2D eigenvalue weighted by Crippen LogP contribution is -2.52. The second kappa shape index (κ2) is 8.63. The van der Waals surface area contributed by atoms with Gasteiger partial charge < -0.3 is 19.5 Å². The van der Waals surface area contributed by atoms with Gasteiger partial charge in [-0.3, -0.25) is 9.48 Å². The highest BCUT2D eigenvalue weighted by Gasteiger charge is 2.45. The van der Waals surface area contributed by atoms with E-state index in [-0.39, 0.29) is 18.1 Å². The third-order valence-electron chi connectivity index (χ3n) is 6.42. The van der Waals surface area contributed by atoms with Gasteiger partial charge in [0.15, 0.2) is 0 Å². The third-order valence-corrected chi connectivity index (χ3v) is 6.42. The summed E-state index contributed by atoms with van der Waals surface area (Å²) in [5.74, 6) is 0.850. The van der Waals surface area contributed by atoms with Crippen LogP contribution in [-0.4, -0.2) is 56.6 Å². The molecular weight excluding hydrogens is 394 g/mol. The molecular formula is C24H33N3O4. The molecule has 2 aliphatic rings. The van der Waals surface area contributed by atoms with Crippen molar-refractivity contribution < 1.29 is 19.4 Å². The lowest BCUT2D eigenvalue weighted by Gasteiger charge is -2.47. The van der Waals surface area contributed by atoms with Crippen LogP contribution in [0.25, 0.3) is 0 Å². The minimum absolute atomic E-state index is 0.0357. The van der Waals surface area contributed by atoms with E-state index < -0.39 is 11.7 Å². The van der Waals surface area contributed by atoms with Gasteiger partial charge in [0.25, 0.3) is 5.91 Å². The van der Waals surface area contributed by atoms with E-state index in [9.17, 15) is 9.90 Å². The van der Waals surface area contributed by atoms with Gasteiger partial charge in [-0.15, -0.1) is 0 Å². The SMILES string of the molecule is Cc1cc(C(=O)N2CCC3(CC2)CC(O)CC(c2ccnn2C)O3)ccc1OC(C)C. The normalized spacial score (nSPS) is 23.4. The molecule has 31 heavy (non-hydrogen) atoms. The maximum Gasteiger partial charge on any atom is 0.253 e. The van der Waals surface area contributed by atoms with Crippen molar-refractivity contribution in [1.82, 2.24) is 14.7 Å². The summed E-state index contributed by atoms with van der Waals surface area (Å²) in [5, 5.41) is 14.8. The molecule has 168 valence electrons. The molecule has 0 bridgehead atoms. The number of piperidine rings is 1. The molecule has 2 atom stereocenters. The second-order valence-electron chi connectivity index (χ2n) is 9.20. The van der Waals surface area contributed by atoms with E-state index in [4.69, 9.17) is 9.47 Å². The number of nitrogens with zero attached hydrogens (tertiary/aromatic N) is 3. The molecule has 2 aromatic rings. The summed E-state index contributed by atoms with van der Waals surface area (Å²) in [4.78, 5) is 15.0. The number of ether oxygens (including phenoxy) is 2. The molecule has 0 saturated carbocycles. The molecule has 4 rings (SSSR count). The molecule has 1 N–H and O–H groups in total. The molecule has 2 unspecified atom stereocenters. The van der Waals surface area contributed by atoms with Crippen molar-refractivity contribution in [3.63, 3.8) is 0 Å². The molecule has 7 nitrogen and oxygen atoms in total. The number of aryl methyl sites for hydroxylation is 2. The summed E-state index contributed by atoms with van der Waals surface area (Å²) in [6.45, 7) is 7.19. The maximum absolute atomic E-state index is 13.1. The van der Waals surface area contributed by atoms with Crippen molar-refractivity contribution in [1.29, 1.82) is 0 Å². The van der Waals surface area contributed by atoms with E-state index in [1.54, 1.807) is 6.20 Å². The Hall–Kier alpha value is -2.38. The van der Waals surface area contributed by atoms with Gasteiger partial charge in [-0.2, -0.15) is 5.10 Å². The first-order chi connectivity index (χ1) is 14.8. The number of aliphatic hydroxyl groups is 1. The van der Waals surface area contributed by atoms with Gasteiger partial charge in [0, 0.05) is 44.7 Å². The minimum Gasteiger partial charge on any atom is -0.491 e. The first-order valence-corrected chi connectivity index (χ1v) is 11.2. The number of rotatable bonds is 4. The summed E-state index contributed by atoms with van der Waals surface area (Å²) in [5.41, 5.74) is 2.23. The number of aliphatic hydroxyl groups excluding tert-OH is 1. The molecule has 1 amide bonds. The molecule has 2 saturated heterocycles. The van der Waals surface area contributed by atoms with Crippen molar-refractivity contribution in [2.45, 2.75) is 70.4 Å². The standard InChI is InChI=1S/C24H33N3O4/c1-16(2)30-21-6-5-18(13-17(21)3)23(29)27-11-8-24(9-12-27)15-19(28)14-22(31-24)20-7-10-25-26(20)4/h5-7,10,13,16,19,22,28H,8-9,11-12,14-15H2,1-4H3. The average molecular weight is 428 g/mol. The summed E-state index contributed by atoms with van der Waals surface area (Å²) in [6, 6.07) is 7.58. The summed E-state index contributed by atoms with van der Waals surface area (Å²) < 4.78 is 14.1. The van der Waals surface area contributed by atoms with Crippen LogP contribution in [0.2, 0.25) is 0 Å². The number of carbonyl (C=O) groups excluding carboxylic acids is 1. The lowest BCUT2D eigenvalue weighted by molar-refractivity contribution is -0.183. The Labute approximate surface area is 184 Å². The Morgan fingerprint density at radius 3 is 2.65 bits per heavy atom. The van der Waals surface area contributed by atoms with E-state index in [0.717, 1.165) is 29.8 Å². The van der Waals surface area contributed by atoms with E-state index in [0.29, 0.717) is 31.5 Å². The molecule has 0 radical (unpaired) electrons. The third kappa shape index (κ3) is 4.62. The van der Waals surface area contributed by atoms with E-state index in [1.807, 2.05) is 61.7 Å². The van der Waals surface area contributed by atoms with Crippen LogP contribution in [0.15, 0.2) is 30.5 Å². The van der Waals surface area contributed by atoms with Gasteiger partial charge in [-0.25, -0.2) is 0 Å². The van der Waals surface area contributed by atoms with Gasteiger partial charge in [0.1, 0.15) is 11.9 Å². The van der Waals surface area contributed by atoms with Crippen molar-refractivity contribution in [2.24, 2.45) is 7.05 Å². The van der Waals surface area contributed by atoms with Crippen LogP contribution >= 0.6 is 0 Å². The number of hydrogen-bond acceptors (Lipinski definition) is 5. The van der Waals surface area contributed by atoms with Gasteiger partial charge in [0.05, 0.1) is 23.5 Å². The van der Waals surface area contributed by atoms with Crippen LogP contribution in [0, 0.1) is 6.92 Å². The number of likely N-dealkylation sites (tertiary alicyclic amines) is 1. The Kier molecular flexibility index (Phi) is 6.08. The van der Waals surface area contributed by atoms with Crippen LogP contribution in [-0.2, 0) is 11.8 Å². The van der Waals surface area contributed by atoms with Crippen molar-refractivity contribution in [3.8, 4) is 5.75 Å². The van der Waals surface area contributed by atoms with Gasteiger partial charge in [0.2, 0.25) is 0 Å². The molecule has 1 aromatic carbocycles. The first kappa shape index (κ1) is 21.8. The fourth-order valence-electron chi connectivity index (χ4n) is 4.83. The topological polar surface area (TPSA) is 76.8 Å². The number of amides is 1. The zero-order valence-corrected chi connectivity index (χ0v) is 18.9. The van der Waals surface area contributed by atoms with E-state index >= 15 is 0 Å². The zero-order valence-electron chi connectivity index (χ0n) is 18.9. The highest BCUT2D eigenvalue weighted by atomic mass is 16.5. The predicted octanol–water partition coefficient (Wildman–Crippen LogP) is 3.40. The van der Waals surface area contributed by atoms with Crippen LogP contribution < -0.4 is 4.74 Å². The monoisotopic (exact) mass is 427 g/mol. The molecule has 2 fully saturated rings. The molecule has 3 heterocycles. The molecule has 2 aliphatic heterocycles. The van der Waals surface area contributed by atoms with Crippen LogP contribution in [0.1, 0.15) is 67.3 Å². The number of carbonyl (C=O) groups is 1. The fourth-order valence-corrected chi connectivity index (χ4v) is 4.83. The Bertz CT molecular complexity index is 931. The highest BCUT2D eigenvalue weighted by Crippen LogP contribution is 2.43. The number of hydrogen-bond donors (Lipinski definition) is 1. The number of benzene rings is 1. The Balaban J connectivity index is 1.42. The second-order valence-corrected chi connectivity index (χ2v) is 9.20. The summed E-state index contributed by atoms with van der Waals surface area (Å²) >= 11 is 0. The van der Waals surface area contributed by atoms with Gasteiger partial charge in [-0.1, -0.05) is 0 Å². The van der Waals surface area contributed by atoms with E-state index in [1.165, 1.54) is 0 Å². The van der Waals surface area contributed by atoms with Crippen LogP contribution in [0.5, 0.6) is 5.75 Å². The van der Waals surface area contributed by atoms with E-state index in [2.05, 4.69) is 5.10 Å². The largest absolute Gasteiger partial charge is 0.491 e. The summed E-state index contributed by atoms with van der Waals surface area (Å²) in [6.07, 6.45) is 3.90. The molecule has 1 spiro atoms. The fraction of sp³-hybridized carbons (Fsp3) is 0.583. The quantitative estimate of drug-likeness (QED) is 0.809. The molecule has 1 aromatic heterocycles. The molecule has 7 heteroatoms. The van der Waals surface area contributed by atoms with Crippen molar-refractivity contribution >= 4 is 5.91 Å². The average Bonchev–Trinajstić information content (AvgIpc) is 3.15. The smallest absolute Gasteiger partial charge is 0.253 e. The lowest BCUT2D eigenvalue weighted by atomic mass is 9.81. The highest BCUT2D eigenvalue weighted by molar-refractivity contribution is 5.94. The van der Waals surface area contributed by atoms with Crippen molar-refractivity contribution in [3.05, 3.63) is 47.3 Å². The first-order valence-electron chi connectivity index (χ1n) is 11.2. The van der Waals surface area contributed by atoms with Crippen molar-refractivity contribution in [2.75, 3.05) is 13.1 Å². The van der Waals surface area contributed by atoms with Gasteiger partial charge in [-0.05, 0) is 63.4 Å². The maximum atomic E-state index is 13.1. The minimum atomic E-state index is -0.410. The van der Waals surface area contributed by atoms with Crippen LogP contribution in [0.4, 0.5) is 0 Å².